The average Bonchev–Trinajstić information content (AvgIpc) is 1.82. The minimum Gasteiger partial charge on any atom is -0.506 e. The van der Waals surface area contributed by atoms with E-state index in [1.807, 2.05) is 0 Å². The van der Waals surface area contributed by atoms with Gasteiger partial charge in [-0.3, -0.25) is 0 Å². The zero-order valence-corrected chi connectivity index (χ0v) is 9.99. The topological polar surface area (TPSA) is 51.7 Å². The lowest BCUT2D eigenvalue weighted by Gasteiger charge is -1.99. The predicted octanol–water partition coefficient (Wildman–Crippen LogP) is 2.86. The second-order valence-corrected chi connectivity index (χ2v) is 4.34. The van der Waals surface area contributed by atoms with Gasteiger partial charge in [0.2, 0.25) is 0 Å². The van der Waals surface area contributed by atoms with Crippen LogP contribution in [-0.2, 0) is 0 Å². The molecule has 1 aromatic carbocycles. The number of benzene rings is 1. The summed E-state index contributed by atoms with van der Waals surface area (Å²) in [6, 6.07) is 3.56. The lowest BCUT2D eigenvalue weighted by Crippen LogP contribution is -1.71. The van der Waals surface area contributed by atoms with Crippen molar-refractivity contribution in [2.24, 2.45) is 0 Å². The molecule has 0 spiro atoms. The largest absolute Gasteiger partial charge is 0.506 e. The second-order valence-electron chi connectivity index (χ2n) is 1.72. The summed E-state index contributed by atoms with van der Waals surface area (Å²) < 4.78 is 2.27. The van der Waals surface area contributed by atoms with Crippen molar-refractivity contribution in [3.8, 4) is 5.75 Å². The molecule has 0 heterocycles. The highest BCUT2D eigenvalue weighted by atomic mass is 79.9. The average molecular weight is 349 g/mol. The number of hydrogen-bond donors (Lipinski definition) is 1. The molecule has 11 heavy (non-hydrogen) atoms. The summed E-state index contributed by atoms with van der Waals surface area (Å²) >= 11 is 9.65. The summed E-state index contributed by atoms with van der Waals surface area (Å²) in [6.45, 7) is 0. The molecule has 2 nitrogen and oxygen atoms in total. The molecule has 1 rings (SSSR count). The number of phenolic OH excluding ortho intramolecular Hbond substituents is 1. The smallest absolute Gasteiger partial charge is 0.144 e. The second kappa shape index (κ2) is 4.45. The zero-order valence-electron chi connectivity index (χ0n) is 5.24. The fraction of sp³-hybridized carbons (Fsp3) is 0. The summed E-state index contributed by atoms with van der Waals surface area (Å²) in [5.41, 5.74) is 0. The first-order chi connectivity index (χ1) is 4.61. The van der Waals surface area contributed by atoms with Gasteiger partial charge in [0, 0.05) is 4.47 Å². The first kappa shape index (κ1) is 11.4. The summed E-state index contributed by atoms with van der Waals surface area (Å²) in [6.07, 6.45) is 0. The van der Waals surface area contributed by atoms with Gasteiger partial charge in [-0.05, 0) is 44.0 Å². The Bertz CT molecular complexity index is 239. The number of hydrogen-bond acceptors (Lipinski definition) is 1. The van der Waals surface area contributed by atoms with Crippen molar-refractivity contribution in [1.29, 1.82) is 0 Å². The molecular formula is C6H5Br3O2. The van der Waals surface area contributed by atoms with E-state index in [2.05, 4.69) is 47.8 Å². The van der Waals surface area contributed by atoms with Crippen LogP contribution in [0, 0.1) is 0 Å². The fourth-order valence-electron chi connectivity index (χ4n) is 0.535. The van der Waals surface area contributed by atoms with Crippen molar-refractivity contribution in [3.63, 3.8) is 0 Å². The Kier molecular flexibility index (Phi) is 4.62. The molecule has 0 aromatic heterocycles. The van der Waals surface area contributed by atoms with E-state index < -0.39 is 0 Å². The lowest BCUT2D eigenvalue weighted by atomic mass is 10.3. The van der Waals surface area contributed by atoms with Crippen molar-refractivity contribution in [2.45, 2.75) is 0 Å². The monoisotopic (exact) mass is 346 g/mol. The van der Waals surface area contributed by atoms with Crippen LogP contribution in [0.15, 0.2) is 25.6 Å². The summed E-state index contributed by atoms with van der Waals surface area (Å²) in [7, 11) is 0. The zero-order chi connectivity index (χ0) is 7.72. The molecule has 0 aliphatic rings. The Morgan fingerprint density at radius 3 is 1.73 bits per heavy atom. The van der Waals surface area contributed by atoms with E-state index in [0.717, 1.165) is 4.47 Å². The first-order valence-corrected chi connectivity index (χ1v) is 4.82. The van der Waals surface area contributed by atoms with Crippen LogP contribution in [0.25, 0.3) is 0 Å². The van der Waals surface area contributed by atoms with Crippen LogP contribution in [0.4, 0.5) is 0 Å². The summed E-state index contributed by atoms with van der Waals surface area (Å²) in [5, 5.41) is 9.22. The van der Waals surface area contributed by atoms with Gasteiger partial charge in [0.25, 0.3) is 0 Å². The van der Waals surface area contributed by atoms with Gasteiger partial charge < -0.3 is 10.6 Å². The van der Waals surface area contributed by atoms with Crippen molar-refractivity contribution in [3.05, 3.63) is 25.6 Å². The molecule has 0 saturated heterocycles. The van der Waals surface area contributed by atoms with E-state index in [1.165, 1.54) is 0 Å². The maximum absolute atomic E-state index is 9.22. The highest BCUT2D eigenvalue weighted by Crippen LogP contribution is 2.34. The Hall–Kier alpha value is 0.420. The van der Waals surface area contributed by atoms with Crippen molar-refractivity contribution >= 4 is 47.8 Å². The summed E-state index contributed by atoms with van der Waals surface area (Å²) in [5.74, 6) is 0.225. The van der Waals surface area contributed by atoms with Crippen LogP contribution in [0.1, 0.15) is 0 Å². The van der Waals surface area contributed by atoms with Crippen LogP contribution in [0.2, 0.25) is 0 Å². The van der Waals surface area contributed by atoms with Gasteiger partial charge in [-0.2, -0.15) is 0 Å². The SMILES string of the molecule is O.Oc1c(Br)cc(Br)cc1Br. The van der Waals surface area contributed by atoms with Crippen LogP contribution in [0.3, 0.4) is 0 Å². The van der Waals surface area contributed by atoms with Crippen LogP contribution in [0.5, 0.6) is 5.75 Å². The van der Waals surface area contributed by atoms with Gasteiger partial charge >= 0.3 is 0 Å². The molecular weight excluding hydrogens is 344 g/mol. The third kappa shape index (κ3) is 2.74. The maximum Gasteiger partial charge on any atom is 0.144 e. The van der Waals surface area contributed by atoms with Gasteiger partial charge in [-0.15, -0.1) is 0 Å². The Morgan fingerprint density at radius 2 is 1.36 bits per heavy atom. The van der Waals surface area contributed by atoms with Gasteiger partial charge in [-0.25, -0.2) is 0 Å². The van der Waals surface area contributed by atoms with E-state index in [1.54, 1.807) is 12.1 Å². The third-order valence-electron chi connectivity index (χ3n) is 0.982. The molecule has 0 amide bonds. The normalized spacial score (nSPS) is 9.00. The van der Waals surface area contributed by atoms with Crippen LogP contribution in [-0.4, -0.2) is 10.6 Å². The maximum atomic E-state index is 9.22. The molecule has 62 valence electrons. The molecule has 0 bridgehead atoms. The highest BCUT2D eigenvalue weighted by Gasteiger charge is 2.02. The number of rotatable bonds is 0. The molecule has 0 unspecified atom stereocenters. The quantitative estimate of drug-likeness (QED) is 0.770. The molecule has 5 heteroatoms. The molecule has 0 radical (unpaired) electrons. The Balaban J connectivity index is 0.000001000. The van der Waals surface area contributed by atoms with Crippen molar-refractivity contribution in [1.82, 2.24) is 0 Å². The van der Waals surface area contributed by atoms with E-state index in [4.69, 9.17) is 0 Å². The number of halogens is 3. The minimum atomic E-state index is 0. The molecule has 0 saturated carbocycles. The Labute approximate surface area is 89.3 Å². The van der Waals surface area contributed by atoms with E-state index in [9.17, 15) is 5.11 Å². The molecule has 0 aliphatic heterocycles. The van der Waals surface area contributed by atoms with E-state index in [0.29, 0.717) is 8.95 Å². The summed E-state index contributed by atoms with van der Waals surface area (Å²) in [4.78, 5) is 0. The standard InChI is InChI=1S/C6H3Br3O.H2O/c7-3-1-4(8)6(10)5(9)2-3;/h1-2,10H;1H2. The van der Waals surface area contributed by atoms with E-state index >= 15 is 0 Å². The Morgan fingerprint density at radius 1 is 1.00 bits per heavy atom. The number of aromatic hydroxyl groups is 1. The minimum absolute atomic E-state index is 0. The molecule has 1 aromatic rings. The first-order valence-electron chi connectivity index (χ1n) is 2.45. The predicted molar refractivity (Wildman–Crippen MR) is 54.8 cm³/mol. The lowest BCUT2D eigenvalue weighted by molar-refractivity contribution is 0.468. The van der Waals surface area contributed by atoms with Gasteiger partial charge in [-0.1, -0.05) is 15.9 Å². The highest BCUT2D eigenvalue weighted by molar-refractivity contribution is 9.11. The van der Waals surface area contributed by atoms with Crippen molar-refractivity contribution < 1.29 is 10.6 Å². The molecule has 0 atom stereocenters. The van der Waals surface area contributed by atoms with Gasteiger partial charge in [0.05, 0.1) is 8.95 Å². The van der Waals surface area contributed by atoms with Gasteiger partial charge in [0.15, 0.2) is 0 Å². The van der Waals surface area contributed by atoms with Gasteiger partial charge in [0.1, 0.15) is 5.75 Å². The molecule has 3 N–H and O–H groups in total. The third-order valence-corrected chi connectivity index (χ3v) is 2.65. The molecule has 0 aliphatic carbocycles. The number of phenols is 1. The van der Waals surface area contributed by atoms with Crippen molar-refractivity contribution in [2.75, 3.05) is 0 Å². The van der Waals surface area contributed by atoms with Crippen LogP contribution < -0.4 is 0 Å². The molecule has 0 fully saturated rings. The van der Waals surface area contributed by atoms with Crippen LogP contribution >= 0.6 is 47.8 Å². The fourth-order valence-corrected chi connectivity index (χ4v) is 2.79. The van der Waals surface area contributed by atoms with E-state index in [-0.39, 0.29) is 11.2 Å².